The number of anilines is 2. The molecule has 0 aromatic heterocycles. The molecule has 1 saturated carbocycles. The predicted molar refractivity (Wildman–Crippen MR) is 67.6 cm³/mol. The Morgan fingerprint density at radius 3 is 2.76 bits per heavy atom. The summed E-state index contributed by atoms with van der Waals surface area (Å²) in [6, 6.07) is 8.01. The maximum Gasteiger partial charge on any atom is 0.101 e. The third-order valence-corrected chi connectivity index (χ3v) is 3.31. The van der Waals surface area contributed by atoms with Crippen LogP contribution < -0.4 is 10.6 Å². The van der Waals surface area contributed by atoms with E-state index in [4.69, 9.17) is 16.1 Å². The molecule has 4 heteroatoms. The fourth-order valence-corrected chi connectivity index (χ4v) is 2.20. The van der Waals surface area contributed by atoms with E-state index in [-0.39, 0.29) is 6.61 Å². The number of nitriles is 1. The SMILES string of the molecule is N#Cc1cc(N)ccc1N(CCO)C1CCC1. The van der Waals surface area contributed by atoms with Crippen LogP contribution >= 0.6 is 0 Å². The van der Waals surface area contributed by atoms with Crippen molar-refractivity contribution in [1.29, 1.82) is 5.26 Å². The van der Waals surface area contributed by atoms with E-state index < -0.39 is 0 Å². The monoisotopic (exact) mass is 231 g/mol. The molecule has 1 aliphatic carbocycles. The van der Waals surface area contributed by atoms with Gasteiger partial charge in [0.25, 0.3) is 0 Å². The van der Waals surface area contributed by atoms with Crippen molar-refractivity contribution in [3.63, 3.8) is 0 Å². The van der Waals surface area contributed by atoms with Gasteiger partial charge in [-0.2, -0.15) is 5.26 Å². The minimum absolute atomic E-state index is 0.103. The number of hydrogen-bond acceptors (Lipinski definition) is 4. The minimum Gasteiger partial charge on any atom is -0.399 e. The number of aliphatic hydroxyl groups excluding tert-OH is 1. The van der Waals surface area contributed by atoms with Gasteiger partial charge in [-0.25, -0.2) is 0 Å². The maximum atomic E-state index is 9.14. The van der Waals surface area contributed by atoms with Crippen molar-refractivity contribution in [3.05, 3.63) is 23.8 Å². The summed E-state index contributed by atoms with van der Waals surface area (Å²) in [5.41, 5.74) is 7.76. The Balaban J connectivity index is 2.31. The molecule has 0 amide bonds. The third kappa shape index (κ3) is 2.34. The predicted octanol–water partition coefficient (Wildman–Crippen LogP) is 1.49. The third-order valence-electron chi connectivity index (χ3n) is 3.31. The van der Waals surface area contributed by atoms with E-state index in [1.54, 1.807) is 12.1 Å². The molecule has 0 saturated heterocycles. The summed E-state index contributed by atoms with van der Waals surface area (Å²) in [5, 5.41) is 18.3. The van der Waals surface area contributed by atoms with E-state index in [1.165, 1.54) is 6.42 Å². The standard InChI is InChI=1S/C13H17N3O/c14-9-10-8-11(15)4-5-13(10)16(6-7-17)12-2-1-3-12/h4-5,8,12,17H,1-3,6-7,15H2. The molecular formula is C13H17N3O. The van der Waals surface area contributed by atoms with Crippen LogP contribution in [0.2, 0.25) is 0 Å². The molecule has 0 heterocycles. The second kappa shape index (κ2) is 5.07. The Kier molecular flexibility index (Phi) is 3.50. The number of rotatable bonds is 4. The lowest BCUT2D eigenvalue weighted by Crippen LogP contribution is -2.42. The van der Waals surface area contributed by atoms with E-state index in [2.05, 4.69) is 11.0 Å². The van der Waals surface area contributed by atoms with Crippen molar-refractivity contribution in [2.24, 2.45) is 0 Å². The van der Waals surface area contributed by atoms with Gasteiger partial charge in [0.05, 0.1) is 17.9 Å². The number of hydrogen-bond donors (Lipinski definition) is 2. The van der Waals surface area contributed by atoms with Crippen LogP contribution in [-0.4, -0.2) is 24.3 Å². The molecule has 1 fully saturated rings. The lowest BCUT2D eigenvalue weighted by atomic mass is 9.90. The highest BCUT2D eigenvalue weighted by atomic mass is 16.3. The van der Waals surface area contributed by atoms with Gasteiger partial charge in [0, 0.05) is 18.3 Å². The topological polar surface area (TPSA) is 73.3 Å². The van der Waals surface area contributed by atoms with Crippen molar-refractivity contribution in [2.75, 3.05) is 23.8 Å². The molecule has 0 unspecified atom stereocenters. The molecule has 90 valence electrons. The van der Waals surface area contributed by atoms with Crippen LogP contribution in [0, 0.1) is 11.3 Å². The smallest absolute Gasteiger partial charge is 0.101 e. The lowest BCUT2D eigenvalue weighted by molar-refractivity contribution is 0.283. The molecule has 0 radical (unpaired) electrons. The summed E-state index contributed by atoms with van der Waals surface area (Å²) in [4.78, 5) is 2.13. The molecule has 1 aromatic rings. The van der Waals surface area contributed by atoms with Gasteiger partial charge in [0.1, 0.15) is 6.07 Å². The quantitative estimate of drug-likeness (QED) is 0.770. The van der Waals surface area contributed by atoms with Crippen LogP contribution in [0.15, 0.2) is 18.2 Å². The summed E-state index contributed by atoms with van der Waals surface area (Å²) in [6.07, 6.45) is 3.49. The van der Waals surface area contributed by atoms with Gasteiger partial charge in [-0.3, -0.25) is 0 Å². The van der Waals surface area contributed by atoms with Gasteiger partial charge in [-0.05, 0) is 37.5 Å². The Labute approximate surface area is 101 Å². The van der Waals surface area contributed by atoms with E-state index in [1.807, 2.05) is 6.07 Å². The van der Waals surface area contributed by atoms with Gasteiger partial charge in [-0.1, -0.05) is 0 Å². The van der Waals surface area contributed by atoms with Gasteiger partial charge < -0.3 is 15.7 Å². The Hall–Kier alpha value is -1.73. The Morgan fingerprint density at radius 2 is 2.24 bits per heavy atom. The maximum absolute atomic E-state index is 9.14. The number of nitrogens with two attached hydrogens (primary N) is 1. The number of nitrogen functional groups attached to an aromatic ring is 1. The first-order valence-electron chi connectivity index (χ1n) is 5.93. The minimum atomic E-state index is 0.103. The molecule has 17 heavy (non-hydrogen) atoms. The normalized spacial score (nSPS) is 15.1. The second-order valence-corrected chi connectivity index (χ2v) is 4.39. The zero-order chi connectivity index (χ0) is 12.3. The average molecular weight is 231 g/mol. The second-order valence-electron chi connectivity index (χ2n) is 4.39. The van der Waals surface area contributed by atoms with E-state index >= 15 is 0 Å². The highest BCUT2D eigenvalue weighted by Gasteiger charge is 2.26. The number of nitrogens with zero attached hydrogens (tertiary/aromatic N) is 2. The molecule has 1 aromatic carbocycles. The van der Waals surface area contributed by atoms with Crippen LogP contribution in [0.4, 0.5) is 11.4 Å². The highest BCUT2D eigenvalue weighted by molar-refractivity contribution is 5.65. The summed E-state index contributed by atoms with van der Waals surface area (Å²) in [5.74, 6) is 0. The zero-order valence-corrected chi connectivity index (χ0v) is 9.76. The van der Waals surface area contributed by atoms with Crippen molar-refractivity contribution in [2.45, 2.75) is 25.3 Å². The van der Waals surface area contributed by atoms with Crippen LogP contribution in [-0.2, 0) is 0 Å². The summed E-state index contributed by atoms with van der Waals surface area (Å²) < 4.78 is 0. The van der Waals surface area contributed by atoms with Crippen LogP contribution in [0.1, 0.15) is 24.8 Å². The van der Waals surface area contributed by atoms with E-state index in [0.29, 0.717) is 23.8 Å². The highest BCUT2D eigenvalue weighted by Crippen LogP contribution is 2.32. The van der Waals surface area contributed by atoms with E-state index in [9.17, 15) is 0 Å². The van der Waals surface area contributed by atoms with Crippen LogP contribution in [0.25, 0.3) is 0 Å². The van der Waals surface area contributed by atoms with Crippen molar-refractivity contribution in [1.82, 2.24) is 0 Å². The molecule has 1 aliphatic rings. The zero-order valence-electron chi connectivity index (χ0n) is 9.76. The first-order chi connectivity index (χ1) is 8.26. The van der Waals surface area contributed by atoms with Gasteiger partial charge >= 0.3 is 0 Å². The molecule has 0 aliphatic heterocycles. The van der Waals surface area contributed by atoms with Crippen molar-refractivity contribution < 1.29 is 5.11 Å². The Bertz CT molecular complexity index is 435. The number of aliphatic hydroxyl groups is 1. The van der Waals surface area contributed by atoms with Gasteiger partial charge in [0.2, 0.25) is 0 Å². The van der Waals surface area contributed by atoms with Crippen molar-refractivity contribution in [3.8, 4) is 6.07 Å². The fraction of sp³-hybridized carbons (Fsp3) is 0.462. The first kappa shape index (κ1) is 11.7. The summed E-state index contributed by atoms with van der Waals surface area (Å²) in [6.45, 7) is 0.676. The van der Waals surface area contributed by atoms with E-state index in [0.717, 1.165) is 18.5 Å². The molecule has 3 N–H and O–H groups in total. The van der Waals surface area contributed by atoms with Gasteiger partial charge in [0.15, 0.2) is 0 Å². The molecule has 4 nitrogen and oxygen atoms in total. The number of benzene rings is 1. The van der Waals surface area contributed by atoms with Gasteiger partial charge in [-0.15, -0.1) is 0 Å². The molecule has 2 rings (SSSR count). The Morgan fingerprint density at radius 1 is 1.47 bits per heavy atom. The molecule has 0 spiro atoms. The lowest BCUT2D eigenvalue weighted by Gasteiger charge is -2.39. The van der Waals surface area contributed by atoms with Crippen LogP contribution in [0.5, 0.6) is 0 Å². The molecular weight excluding hydrogens is 214 g/mol. The average Bonchev–Trinajstić information content (AvgIpc) is 2.26. The fourth-order valence-electron chi connectivity index (χ4n) is 2.20. The summed E-state index contributed by atoms with van der Waals surface area (Å²) in [7, 11) is 0. The summed E-state index contributed by atoms with van der Waals surface area (Å²) >= 11 is 0. The van der Waals surface area contributed by atoms with Crippen LogP contribution in [0.3, 0.4) is 0 Å². The van der Waals surface area contributed by atoms with Crippen molar-refractivity contribution >= 4 is 11.4 Å². The molecule has 0 atom stereocenters. The molecule has 0 bridgehead atoms. The largest absolute Gasteiger partial charge is 0.399 e. The first-order valence-corrected chi connectivity index (χ1v) is 5.93.